The Morgan fingerprint density at radius 1 is 1.47 bits per heavy atom. The monoisotopic (exact) mass is 213 g/mol. The van der Waals surface area contributed by atoms with Crippen molar-refractivity contribution in [3.05, 3.63) is 0 Å². The van der Waals surface area contributed by atoms with Crippen LogP contribution in [0.25, 0.3) is 0 Å². The lowest BCUT2D eigenvalue weighted by atomic mass is 9.89. The SMILES string of the molecule is CCOCC12CC(F)CN1CC1(CC1)C2. The van der Waals surface area contributed by atoms with Gasteiger partial charge in [0, 0.05) is 31.7 Å². The summed E-state index contributed by atoms with van der Waals surface area (Å²) in [6.45, 7) is 5.28. The van der Waals surface area contributed by atoms with Gasteiger partial charge in [-0.2, -0.15) is 0 Å². The van der Waals surface area contributed by atoms with Crippen molar-refractivity contribution in [1.29, 1.82) is 0 Å². The maximum absolute atomic E-state index is 13.5. The molecule has 0 aromatic rings. The van der Waals surface area contributed by atoms with Gasteiger partial charge in [-0.25, -0.2) is 4.39 Å². The Morgan fingerprint density at radius 3 is 2.93 bits per heavy atom. The van der Waals surface area contributed by atoms with Crippen molar-refractivity contribution in [2.45, 2.75) is 44.3 Å². The number of nitrogens with zero attached hydrogens (tertiary/aromatic N) is 1. The number of rotatable bonds is 3. The zero-order chi connectivity index (χ0) is 10.5. The van der Waals surface area contributed by atoms with Gasteiger partial charge in [-0.05, 0) is 31.6 Å². The van der Waals surface area contributed by atoms with E-state index in [0.29, 0.717) is 18.4 Å². The van der Waals surface area contributed by atoms with Crippen molar-refractivity contribution in [1.82, 2.24) is 4.90 Å². The molecule has 0 aromatic heterocycles. The number of hydrogen-bond donors (Lipinski definition) is 0. The molecular formula is C12H20FNO. The minimum Gasteiger partial charge on any atom is -0.380 e. The summed E-state index contributed by atoms with van der Waals surface area (Å²) in [5.41, 5.74) is 0.628. The Bertz CT molecular complexity index is 266. The van der Waals surface area contributed by atoms with Crippen LogP contribution in [0.2, 0.25) is 0 Å². The van der Waals surface area contributed by atoms with Gasteiger partial charge in [-0.3, -0.25) is 4.90 Å². The van der Waals surface area contributed by atoms with Crippen molar-refractivity contribution in [3.63, 3.8) is 0 Å². The van der Waals surface area contributed by atoms with E-state index in [1.165, 1.54) is 19.3 Å². The van der Waals surface area contributed by atoms with E-state index in [2.05, 4.69) is 4.90 Å². The van der Waals surface area contributed by atoms with Gasteiger partial charge in [-0.15, -0.1) is 0 Å². The maximum Gasteiger partial charge on any atom is 0.115 e. The molecule has 1 aliphatic carbocycles. The summed E-state index contributed by atoms with van der Waals surface area (Å²) in [4.78, 5) is 2.38. The van der Waals surface area contributed by atoms with Crippen LogP contribution >= 0.6 is 0 Å². The second-order valence-electron chi connectivity index (χ2n) is 5.72. The molecule has 86 valence electrons. The summed E-state index contributed by atoms with van der Waals surface area (Å²) < 4.78 is 19.1. The molecule has 3 heteroatoms. The first-order chi connectivity index (χ1) is 7.18. The van der Waals surface area contributed by atoms with Crippen LogP contribution in [0, 0.1) is 5.41 Å². The van der Waals surface area contributed by atoms with E-state index in [1.807, 2.05) is 6.92 Å². The lowest BCUT2D eigenvalue weighted by Gasteiger charge is -2.31. The fraction of sp³-hybridized carbons (Fsp3) is 1.00. The molecule has 2 aliphatic heterocycles. The van der Waals surface area contributed by atoms with Gasteiger partial charge in [0.05, 0.1) is 6.61 Å². The van der Waals surface area contributed by atoms with Crippen molar-refractivity contribution in [3.8, 4) is 0 Å². The van der Waals surface area contributed by atoms with Crippen molar-refractivity contribution >= 4 is 0 Å². The van der Waals surface area contributed by atoms with E-state index in [4.69, 9.17) is 4.74 Å². The Balaban J connectivity index is 1.76. The molecule has 2 nitrogen and oxygen atoms in total. The second kappa shape index (κ2) is 3.17. The van der Waals surface area contributed by atoms with E-state index in [-0.39, 0.29) is 5.54 Å². The number of alkyl halides is 1. The highest BCUT2D eigenvalue weighted by molar-refractivity contribution is 5.15. The lowest BCUT2D eigenvalue weighted by molar-refractivity contribution is 0.0410. The lowest BCUT2D eigenvalue weighted by Crippen LogP contribution is -2.42. The Kier molecular flexibility index (Phi) is 2.12. The van der Waals surface area contributed by atoms with Crippen LogP contribution in [0.15, 0.2) is 0 Å². The van der Waals surface area contributed by atoms with E-state index >= 15 is 0 Å². The first-order valence-corrected chi connectivity index (χ1v) is 6.15. The van der Waals surface area contributed by atoms with E-state index < -0.39 is 6.17 Å². The van der Waals surface area contributed by atoms with Gasteiger partial charge < -0.3 is 4.74 Å². The third-order valence-electron chi connectivity index (χ3n) is 4.45. The molecule has 1 saturated carbocycles. The fourth-order valence-corrected chi connectivity index (χ4v) is 3.62. The normalized spacial score (nSPS) is 42.4. The van der Waals surface area contributed by atoms with Crippen LogP contribution < -0.4 is 0 Å². The van der Waals surface area contributed by atoms with Crippen LogP contribution in [0.3, 0.4) is 0 Å². The molecule has 2 unspecified atom stereocenters. The molecule has 15 heavy (non-hydrogen) atoms. The van der Waals surface area contributed by atoms with Crippen LogP contribution in [-0.4, -0.2) is 42.9 Å². The molecule has 3 aliphatic rings. The first kappa shape index (κ1) is 10.0. The number of fused-ring (bicyclic) bond motifs is 1. The third kappa shape index (κ3) is 1.51. The largest absolute Gasteiger partial charge is 0.380 e. The quantitative estimate of drug-likeness (QED) is 0.711. The summed E-state index contributed by atoms with van der Waals surface area (Å²) >= 11 is 0. The van der Waals surface area contributed by atoms with Crippen molar-refractivity contribution in [2.75, 3.05) is 26.3 Å². The molecule has 0 N–H and O–H groups in total. The molecule has 0 bridgehead atoms. The molecule has 1 spiro atoms. The van der Waals surface area contributed by atoms with E-state index in [9.17, 15) is 4.39 Å². The van der Waals surface area contributed by atoms with Crippen molar-refractivity contribution < 1.29 is 9.13 Å². The topological polar surface area (TPSA) is 12.5 Å². The number of ether oxygens (including phenoxy) is 1. The first-order valence-electron chi connectivity index (χ1n) is 6.15. The summed E-state index contributed by atoms with van der Waals surface area (Å²) in [6, 6.07) is 0. The smallest absolute Gasteiger partial charge is 0.115 e. The number of halogens is 1. The molecule has 2 atom stereocenters. The van der Waals surface area contributed by atoms with Gasteiger partial charge in [0.2, 0.25) is 0 Å². The van der Waals surface area contributed by atoms with Crippen LogP contribution in [0.4, 0.5) is 4.39 Å². The molecule has 3 fully saturated rings. The zero-order valence-electron chi connectivity index (χ0n) is 9.47. The average molecular weight is 213 g/mol. The van der Waals surface area contributed by atoms with Crippen LogP contribution in [0.5, 0.6) is 0 Å². The second-order valence-corrected chi connectivity index (χ2v) is 5.72. The molecule has 3 rings (SSSR count). The van der Waals surface area contributed by atoms with Crippen molar-refractivity contribution in [2.24, 2.45) is 5.41 Å². The minimum atomic E-state index is -0.624. The molecule has 0 amide bonds. The predicted molar refractivity (Wildman–Crippen MR) is 56.6 cm³/mol. The van der Waals surface area contributed by atoms with Gasteiger partial charge in [-0.1, -0.05) is 0 Å². The van der Waals surface area contributed by atoms with E-state index in [0.717, 1.165) is 19.8 Å². The summed E-state index contributed by atoms with van der Waals surface area (Å²) in [5.74, 6) is 0. The zero-order valence-corrected chi connectivity index (χ0v) is 9.47. The molecule has 2 heterocycles. The van der Waals surface area contributed by atoms with Gasteiger partial charge in [0.15, 0.2) is 0 Å². The Hall–Kier alpha value is -0.150. The van der Waals surface area contributed by atoms with Gasteiger partial charge >= 0.3 is 0 Å². The molecule has 0 aromatic carbocycles. The summed E-state index contributed by atoms with van der Waals surface area (Å²) in [6.07, 6.45) is 3.97. The molecule has 0 radical (unpaired) electrons. The Labute approximate surface area is 90.8 Å². The van der Waals surface area contributed by atoms with E-state index in [1.54, 1.807) is 0 Å². The average Bonchev–Trinajstić information content (AvgIpc) is 2.75. The minimum absolute atomic E-state index is 0.0614. The highest BCUT2D eigenvalue weighted by Crippen LogP contribution is 2.60. The molecular weight excluding hydrogens is 193 g/mol. The fourth-order valence-electron chi connectivity index (χ4n) is 3.62. The van der Waals surface area contributed by atoms with Gasteiger partial charge in [0.25, 0.3) is 0 Å². The highest BCUT2D eigenvalue weighted by Gasteiger charge is 2.61. The Morgan fingerprint density at radius 2 is 2.27 bits per heavy atom. The highest BCUT2D eigenvalue weighted by atomic mass is 19.1. The standard InChI is InChI=1S/C12H20FNO/c1-2-15-9-12-5-10(13)6-14(12)8-11(7-12)3-4-11/h10H,2-9H2,1H3. The number of hydrogen-bond acceptors (Lipinski definition) is 2. The predicted octanol–water partition coefficient (Wildman–Crippen LogP) is 1.99. The molecule has 2 saturated heterocycles. The summed E-state index contributed by atoms with van der Waals surface area (Å²) in [5, 5.41) is 0. The summed E-state index contributed by atoms with van der Waals surface area (Å²) in [7, 11) is 0. The van der Waals surface area contributed by atoms with Crippen LogP contribution in [-0.2, 0) is 4.74 Å². The van der Waals surface area contributed by atoms with Gasteiger partial charge in [0.1, 0.15) is 6.17 Å². The van der Waals surface area contributed by atoms with Crippen LogP contribution in [0.1, 0.15) is 32.6 Å². The third-order valence-corrected chi connectivity index (χ3v) is 4.45. The maximum atomic E-state index is 13.5.